The maximum Gasteiger partial charge on any atom is 0.155 e. The molecule has 3 nitrogen and oxygen atoms in total. The zero-order valence-electron chi connectivity index (χ0n) is 13.2. The summed E-state index contributed by atoms with van der Waals surface area (Å²) in [5.41, 5.74) is 1.59. The van der Waals surface area contributed by atoms with Gasteiger partial charge in [-0.3, -0.25) is 0 Å². The largest absolute Gasteiger partial charge is 0.384 e. The Morgan fingerprint density at radius 2 is 1.74 bits per heavy atom. The number of anilines is 1. The summed E-state index contributed by atoms with van der Waals surface area (Å²) in [6.07, 6.45) is 5.55. The van der Waals surface area contributed by atoms with Gasteiger partial charge in [0, 0.05) is 19.4 Å². The molecular weight excluding hydrogens is 266 g/mol. The minimum atomic E-state index is -1.30. The summed E-state index contributed by atoms with van der Waals surface area (Å²) in [5.74, 6) is 1.26. The van der Waals surface area contributed by atoms with Crippen molar-refractivity contribution in [3.8, 4) is 0 Å². The van der Waals surface area contributed by atoms with Gasteiger partial charge in [0.25, 0.3) is 0 Å². The topological polar surface area (TPSA) is 21.1 Å². The quantitative estimate of drug-likeness (QED) is 0.771. The Labute approximate surface area is 120 Å². The lowest BCUT2D eigenvalue weighted by atomic mass is 10.7. The highest BCUT2D eigenvalue weighted by atomic mass is 28.4. The lowest BCUT2D eigenvalue weighted by Gasteiger charge is -2.35. The minimum Gasteiger partial charge on any atom is -0.384 e. The number of rotatable bonds is 5. The predicted octanol–water partition coefficient (Wildman–Crippen LogP) is 3.79. The molecule has 2 rings (SSSR count). The van der Waals surface area contributed by atoms with Crippen LogP contribution in [0.4, 0.5) is 5.82 Å². The molecule has 19 heavy (non-hydrogen) atoms. The number of aromatic nitrogens is 2. The fourth-order valence-electron chi connectivity index (χ4n) is 3.82. The molecule has 5 heteroatoms. The molecule has 1 saturated heterocycles. The second-order valence-corrected chi connectivity index (χ2v) is 16.8. The molecule has 1 aliphatic heterocycles. The van der Waals surface area contributed by atoms with Crippen LogP contribution >= 0.6 is 0 Å². The summed E-state index contributed by atoms with van der Waals surface area (Å²) in [7, 11) is -0.270. The van der Waals surface area contributed by atoms with E-state index in [1.807, 2.05) is 6.33 Å². The second-order valence-electron chi connectivity index (χ2n) is 6.30. The maximum absolute atomic E-state index is 4.67. The molecule has 0 radical (unpaired) electrons. The molecule has 0 spiro atoms. The number of hydrogen-bond donors (Lipinski definition) is 0. The van der Waals surface area contributed by atoms with Gasteiger partial charge in [-0.25, -0.2) is 4.98 Å². The lowest BCUT2D eigenvalue weighted by Crippen LogP contribution is -2.48. The van der Waals surface area contributed by atoms with E-state index in [0.29, 0.717) is 0 Å². The van der Waals surface area contributed by atoms with Gasteiger partial charge in [-0.15, -0.1) is 0 Å². The van der Waals surface area contributed by atoms with E-state index >= 15 is 0 Å². The SMILES string of the molecule is CC[Si]1(CC)CN(c2cn(C)cn2)[Si](CC)(CC)C1. The van der Waals surface area contributed by atoms with Crippen LogP contribution in [0.3, 0.4) is 0 Å². The van der Waals surface area contributed by atoms with Crippen molar-refractivity contribution in [1.29, 1.82) is 0 Å². The first kappa shape index (κ1) is 14.8. The molecule has 0 aromatic carbocycles. The van der Waals surface area contributed by atoms with E-state index < -0.39 is 16.3 Å². The zero-order chi connectivity index (χ0) is 14.1. The van der Waals surface area contributed by atoms with Gasteiger partial charge in [-0.2, -0.15) is 0 Å². The molecule has 0 unspecified atom stereocenters. The van der Waals surface area contributed by atoms with Gasteiger partial charge in [-0.1, -0.05) is 39.8 Å². The molecule has 1 fully saturated rings. The molecule has 1 aromatic rings. The van der Waals surface area contributed by atoms with Gasteiger partial charge >= 0.3 is 0 Å². The van der Waals surface area contributed by atoms with Crippen molar-refractivity contribution in [2.45, 2.75) is 57.5 Å². The van der Waals surface area contributed by atoms with Crippen LogP contribution in [0.1, 0.15) is 27.7 Å². The molecule has 0 atom stereocenters. The number of aryl methyl sites for hydroxylation is 1. The van der Waals surface area contributed by atoms with Gasteiger partial charge in [-0.05, 0) is 17.8 Å². The third kappa shape index (κ3) is 2.42. The summed E-state index contributed by atoms with van der Waals surface area (Å²) >= 11 is 0. The van der Waals surface area contributed by atoms with Gasteiger partial charge in [0.1, 0.15) is 5.82 Å². The molecule has 1 aliphatic rings. The molecule has 2 heterocycles. The summed E-state index contributed by atoms with van der Waals surface area (Å²) in [4.78, 5) is 4.67. The summed E-state index contributed by atoms with van der Waals surface area (Å²) < 4.78 is 4.89. The van der Waals surface area contributed by atoms with E-state index in [1.54, 1.807) is 5.67 Å². The van der Waals surface area contributed by atoms with E-state index in [-0.39, 0.29) is 0 Å². The highest BCUT2D eigenvalue weighted by Crippen LogP contribution is 2.43. The fourth-order valence-corrected chi connectivity index (χ4v) is 20.6. The fraction of sp³-hybridized carbons (Fsp3) is 0.786. The summed E-state index contributed by atoms with van der Waals surface area (Å²) in [6.45, 7) is 9.70. The van der Waals surface area contributed by atoms with Gasteiger partial charge < -0.3 is 9.13 Å². The molecular formula is C14H29N3Si2. The molecule has 0 aliphatic carbocycles. The van der Waals surface area contributed by atoms with Crippen molar-refractivity contribution in [1.82, 2.24) is 9.55 Å². The van der Waals surface area contributed by atoms with E-state index in [1.165, 1.54) is 36.2 Å². The van der Waals surface area contributed by atoms with E-state index in [2.05, 4.69) is 55.1 Å². The molecule has 0 bridgehead atoms. The molecule has 108 valence electrons. The molecule has 0 saturated carbocycles. The van der Waals surface area contributed by atoms with Crippen LogP contribution in [-0.2, 0) is 7.05 Å². The first-order chi connectivity index (χ1) is 9.04. The Balaban J connectivity index is 2.39. The van der Waals surface area contributed by atoms with E-state index in [9.17, 15) is 0 Å². The first-order valence-electron chi connectivity index (χ1n) is 7.80. The zero-order valence-corrected chi connectivity index (χ0v) is 15.2. The van der Waals surface area contributed by atoms with Crippen molar-refractivity contribution < 1.29 is 0 Å². The third-order valence-corrected chi connectivity index (χ3v) is 19.7. The van der Waals surface area contributed by atoms with Gasteiger partial charge in [0.2, 0.25) is 0 Å². The van der Waals surface area contributed by atoms with Crippen LogP contribution in [0.15, 0.2) is 12.5 Å². The highest BCUT2D eigenvalue weighted by Gasteiger charge is 2.53. The van der Waals surface area contributed by atoms with Gasteiger partial charge in [0.05, 0.1) is 14.4 Å². The highest BCUT2D eigenvalue weighted by molar-refractivity contribution is 7.03. The van der Waals surface area contributed by atoms with Crippen molar-refractivity contribution in [2.24, 2.45) is 7.05 Å². The molecule has 0 amide bonds. The van der Waals surface area contributed by atoms with Gasteiger partial charge in [0.15, 0.2) is 8.24 Å². The summed E-state index contributed by atoms with van der Waals surface area (Å²) in [5, 5.41) is 0. The van der Waals surface area contributed by atoms with Crippen LogP contribution < -0.4 is 4.57 Å². The number of imidazole rings is 1. The van der Waals surface area contributed by atoms with Crippen molar-refractivity contribution >= 4 is 22.1 Å². The number of nitrogens with zero attached hydrogens (tertiary/aromatic N) is 3. The van der Waals surface area contributed by atoms with Crippen molar-refractivity contribution in [3.05, 3.63) is 12.5 Å². The van der Waals surface area contributed by atoms with E-state index in [0.717, 1.165) is 0 Å². The van der Waals surface area contributed by atoms with Crippen molar-refractivity contribution in [2.75, 3.05) is 10.7 Å². The van der Waals surface area contributed by atoms with Crippen LogP contribution in [0, 0.1) is 0 Å². The van der Waals surface area contributed by atoms with Crippen LogP contribution in [0.2, 0.25) is 29.8 Å². The Kier molecular flexibility index (Phi) is 4.25. The Hall–Kier alpha value is -0.556. The van der Waals surface area contributed by atoms with Crippen LogP contribution in [-0.4, -0.2) is 32.0 Å². The lowest BCUT2D eigenvalue weighted by molar-refractivity contribution is 0.913. The monoisotopic (exact) mass is 295 g/mol. The summed E-state index contributed by atoms with van der Waals surface area (Å²) in [6, 6.07) is 5.66. The number of hydrogen-bond acceptors (Lipinski definition) is 2. The maximum atomic E-state index is 4.67. The molecule has 0 N–H and O–H groups in total. The standard InChI is InChI=1S/C14H29N3Si2/c1-6-18(7-2)12-17(14-10-16(5)11-15-14)19(8-3,9-4)13-18/h10-11H,6-9,12-13H2,1-5H3. The Bertz CT molecular complexity index is 422. The normalized spacial score (nSPS) is 21.0. The molecule has 1 aromatic heterocycles. The Morgan fingerprint density at radius 1 is 1.11 bits per heavy atom. The van der Waals surface area contributed by atoms with Crippen LogP contribution in [0.5, 0.6) is 0 Å². The third-order valence-electron chi connectivity index (χ3n) is 5.55. The Morgan fingerprint density at radius 3 is 2.16 bits per heavy atom. The van der Waals surface area contributed by atoms with Crippen LogP contribution in [0.25, 0.3) is 0 Å². The average molecular weight is 296 g/mol. The minimum absolute atomic E-state index is 1.06. The predicted molar refractivity (Wildman–Crippen MR) is 88.8 cm³/mol. The average Bonchev–Trinajstić information content (AvgIpc) is 3.01. The smallest absolute Gasteiger partial charge is 0.155 e. The van der Waals surface area contributed by atoms with E-state index in [4.69, 9.17) is 0 Å². The second kappa shape index (κ2) is 5.44. The first-order valence-corrected chi connectivity index (χ1v) is 13.2. The van der Waals surface area contributed by atoms with Crippen molar-refractivity contribution in [3.63, 3.8) is 0 Å².